The Labute approximate surface area is 120 Å². The van der Waals surface area contributed by atoms with E-state index in [1.807, 2.05) is 14.0 Å². The number of urea groups is 1. The molecule has 2 rings (SSSR count). The molecule has 2 N–H and O–H groups in total. The molecule has 0 unspecified atom stereocenters. The average molecular weight is 295 g/mol. The molecule has 8 nitrogen and oxygen atoms in total. The zero-order valence-electron chi connectivity index (χ0n) is 11.6. The lowest BCUT2D eigenvalue weighted by molar-refractivity contribution is 0.248. The van der Waals surface area contributed by atoms with Crippen LogP contribution in [0.5, 0.6) is 0 Å². The fourth-order valence-electron chi connectivity index (χ4n) is 1.70. The molecule has 2 amide bonds. The number of aromatic nitrogens is 5. The molecular weight excluding hydrogens is 278 g/mol. The van der Waals surface area contributed by atoms with Gasteiger partial charge in [0.15, 0.2) is 5.82 Å². The van der Waals surface area contributed by atoms with Crippen LogP contribution in [0.15, 0.2) is 6.33 Å². The first kappa shape index (κ1) is 14.4. The third-order valence-corrected chi connectivity index (χ3v) is 3.53. The number of carbonyl (C=O) groups is 1. The summed E-state index contributed by atoms with van der Waals surface area (Å²) in [6, 6.07) is -0.578. The van der Waals surface area contributed by atoms with Crippen molar-refractivity contribution in [2.75, 3.05) is 5.32 Å². The molecular formula is C11H17N7OS. The fraction of sp³-hybridized carbons (Fsp3) is 0.545. The standard InChI is InChI=1S/C11H17N7OS/c1-4-5-8-15-17-11(20-8)14-10(19)13-7(2)9-16-12-6-18(9)3/h6-7H,4-5H2,1-3H3,(H2,13,14,17,19)/t7-/m0/s1. The Morgan fingerprint density at radius 1 is 1.45 bits per heavy atom. The molecule has 1 atom stereocenters. The number of aryl methyl sites for hydroxylation is 2. The molecule has 0 aliphatic heterocycles. The Bertz CT molecular complexity index is 579. The smallest absolute Gasteiger partial charge is 0.321 e. The minimum absolute atomic E-state index is 0.245. The van der Waals surface area contributed by atoms with E-state index in [9.17, 15) is 4.79 Å². The van der Waals surface area contributed by atoms with Crippen LogP contribution in [0.25, 0.3) is 0 Å². The van der Waals surface area contributed by atoms with E-state index >= 15 is 0 Å². The van der Waals surface area contributed by atoms with Gasteiger partial charge in [0.05, 0.1) is 6.04 Å². The second-order valence-electron chi connectivity index (χ2n) is 4.37. The first-order valence-corrected chi connectivity index (χ1v) is 7.15. The molecule has 0 aliphatic rings. The molecule has 2 heterocycles. The lowest BCUT2D eigenvalue weighted by atomic mass is 10.3. The first-order chi connectivity index (χ1) is 9.60. The summed E-state index contributed by atoms with van der Waals surface area (Å²) in [5, 5.41) is 22.5. The van der Waals surface area contributed by atoms with Crippen LogP contribution < -0.4 is 10.6 Å². The van der Waals surface area contributed by atoms with Gasteiger partial charge >= 0.3 is 6.03 Å². The highest BCUT2D eigenvalue weighted by Gasteiger charge is 2.15. The average Bonchev–Trinajstić information content (AvgIpc) is 2.99. The normalized spacial score (nSPS) is 12.2. The van der Waals surface area contributed by atoms with Crippen LogP contribution in [-0.4, -0.2) is 31.0 Å². The zero-order chi connectivity index (χ0) is 14.5. The molecule has 20 heavy (non-hydrogen) atoms. The van der Waals surface area contributed by atoms with Gasteiger partial charge in [-0.15, -0.1) is 20.4 Å². The van der Waals surface area contributed by atoms with Crippen LogP contribution in [0.4, 0.5) is 9.93 Å². The summed E-state index contributed by atoms with van der Waals surface area (Å²) in [6.07, 6.45) is 3.47. The minimum atomic E-state index is -0.334. The quantitative estimate of drug-likeness (QED) is 0.871. The largest absolute Gasteiger partial charge is 0.328 e. The summed E-state index contributed by atoms with van der Waals surface area (Å²) >= 11 is 1.39. The lowest BCUT2D eigenvalue weighted by Gasteiger charge is -2.12. The summed E-state index contributed by atoms with van der Waals surface area (Å²) in [5.74, 6) is 0.684. The van der Waals surface area contributed by atoms with E-state index in [-0.39, 0.29) is 12.1 Å². The molecule has 0 fully saturated rings. The van der Waals surface area contributed by atoms with Gasteiger partial charge in [0.25, 0.3) is 0 Å². The van der Waals surface area contributed by atoms with Crippen LogP contribution in [0.2, 0.25) is 0 Å². The van der Waals surface area contributed by atoms with E-state index in [2.05, 4.69) is 38.0 Å². The van der Waals surface area contributed by atoms with Crippen molar-refractivity contribution in [3.05, 3.63) is 17.2 Å². The van der Waals surface area contributed by atoms with E-state index < -0.39 is 0 Å². The molecule has 2 aromatic rings. The number of carbonyl (C=O) groups excluding carboxylic acids is 1. The van der Waals surface area contributed by atoms with Gasteiger partial charge in [0.2, 0.25) is 5.13 Å². The van der Waals surface area contributed by atoms with E-state index in [0.717, 1.165) is 17.8 Å². The molecule has 0 aliphatic carbocycles. The van der Waals surface area contributed by atoms with Crippen molar-refractivity contribution in [2.45, 2.75) is 32.7 Å². The molecule has 0 spiro atoms. The van der Waals surface area contributed by atoms with E-state index in [0.29, 0.717) is 11.0 Å². The summed E-state index contributed by atoms with van der Waals surface area (Å²) in [6.45, 7) is 3.91. The Balaban J connectivity index is 1.90. The van der Waals surface area contributed by atoms with Crippen LogP contribution in [0, 0.1) is 0 Å². The maximum absolute atomic E-state index is 11.9. The third kappa shape index (κ3) is 3.50. The highest BCUT2D eigenvalue weighted by atomic mass is 32.1. The number of hydrogen-bond acceptors (Lipinski definition) is 6. The highest BCUT2D eigenvalue weighted by Crippen LogP contribution is 2.16. The molecule has 0 bridgehead atoms. The fourth-order valence-corrected chi connectivity index (χ4v) is 2.53. The molecule has 108 valence electrons. The van der Waals surface area contributed by atoms with Crippen molar-refractivity contribution in [3.63, 3.8) is 0 Å². The van der Waals surface area contributed by atoms with Gasteiger partial charge < -0.3 is 9.88 Å². The van der Waals surface area contributed by atoms with Gasteiger partial charge in [-0.2, -0.15) is 0 Å². The van der Waals surface area contributed by atoms with Gasteiger partial charge in [0.1, 0.15) is 11.3 Å². The van der Waals surface area contributed by atoms with Crippen molar-refractivity contribution in [3.8, 4) is 0 Å². The first-order valence-electron chi connectivity index (χ1n) is 6.34. The van der Waals surface area contributed by atoms with Crippen molar-refractivity contribution in [1.29, 1.82) is 0 Å². The molecule has 2 aromatic heterocycles. The van der Waals surface area contributed by atoms with Crippen molar-refractivity contribution in [1.82, 2.24) is 30.3 Å². The SMILES string of the molecule is CCCc1nnc(NC(=O)N[C@@H](C)c2nncn2C)s1. The van der Waals surface area contributed by atoms with Gasteiger partial charge in [-0.05, 0) is 13.3 Å². The van der Waals surface area contributed by atoms with E-state index in [1.165, 1.54) is 11.3 Å². The van der Waals surface area contributed by atoms with Crippen molar-refractivity contribution < 1.29 is 4.79 Å². The molecule has 0 saturated carbocycles. The Kier molecular flexibility index (Phi) is 4.61. The van der Waals surface area contributed by atoms with E-state index in [4.69, 9.17) is 0 Å². The molecule has 9 heteroatoms. The number of nitrogens with one attached hydrogen (secondary N) is 2. The Hall–Kier alpha value is -2.03. The van der Waals surface area contributed by atoms with Crippen LogP contribution in [-0.2, 0) is 13.5 Å². The number of anilines is 1. The van der Waals surface area contributed by atoms with Gasteiger partial charge in [0, 0.05) is 13.5 Å². The number of hydrogen-bond donors (Lipinski definition) is 2. The predicted molar refractivity (Wildman–Crippen MR) is 75.5 cm³/mol. The van der Waals surface area contributed by atoms with E-state index in [1.54, 1.807) is 10.9 Å². The Morgan fingerprint density at radius 3 is 2.90 bits per heavy atom. The van der Waals surface area contributed by atoms with Crippen LogP contribution in [0.1, 0.15) is 37.1 Å². The maximum Gasteiger partial charge on any atom is 0.321 e. The molecule has 0 saturated heterocycles. The second-order valence-corrected chi connectivity index (χ2v) is 5.43. The summed E-state index contributed by atoms with van der Waals surface area (Å²) in [4.78, 5) is 11.9. The van der Waals surface area contributed by atoms with Gasteiger partial charge in [-0.25, -0.2) is 4.79 Å². The number of nitrogens with zero attached hydrogens (tertiary/aromatic N) is 5. The van der Waals surface area contributed by atoms with Crippen molar-refractivity contribution in [2.24, 2.45) is 7.05 Å². The summed E-state index contributed by atoms with van der Waals surface area (Å²) < 4.78 is 1.76. The lowest BCUT2D eigenvalue weighted by Crippen LogP contribution is -2.32. The monoisotopic (exact) mass is 295 g/mol. The topological polar surface area (TPSA) is 97.6 Å². The Morgan fingerprint density at radius 2 is 2.25 bits per heavy atom. The number of rotatable bonds is 5. The van der Waals surface area contributed by atoms with Gasteiger partial charge in [-0.3, -0.25) is 5.32 Å². The molecule has 0 radical (unpaired) electrons. The predicted octanol–water partition coefficient (Wildman–Crippen LogP) is 1.50. The highest BCUT2D eigenvalue weighted by molar-refractivity contribution is 7.15. The number of amides is 2. The summed E-state index contributed by atoms with van der Waals surface area (Å²) in [5.41, 5.74) is 0. The van der Waals surface area contributed by atoms with Crippen LogP contribution >= 0.6 is 11.3 Å². The van der Waals surface area contributed by atoms with Gasteiger partial charge in [-0.1, -0.05) is 18.3 Å². The minimum Gasteiger partial charge on any atom is -0.328 e. The summed E-state index contributed by atoms with van der Waals surface area (Å²) in [7, 11) is 1.83. The maximum atomic E-state index is 11.9. The third-order valence-electron chi connectivity index (χ3n) is 2.63. The molecule has 0 aromatic carbocycles. The second kappa shape index (κ2) is 6.42. The zero-order valence-corrected chi connectivity index (χ0v) is 12.4. The van der Waals surface area contributed by atoms with Crippen molar-refractivity contribution >= 4 is 22.5 Å². The van der Waals surface area contributed by atoms with Crippen LogP contribution in [0.3, 0.4) is 0 Å².